The lowest BCUT2D eigenvalue weighted by molar-refractivity contribution is -0.129. The van der Waals surface area contributed by atoms with E-state index in [-0.39, 0.29) is 23.7 Å². The average Bonchev–Trinajstić information content (AvgIpc) is 3.01. The number of nitrogens with two attached hydrogens (primary N) is 1. The molecule has 1 amide bonds. The Morgan fingerprint density at radius 3 is 3.00 bits per heavy atom. The molecule has 0 radical (unpaired) electrons. The molecule has 0 saturated carbocycles. The molecule has 19 heavy (non-hydrogen) atoms. The van der Waals surface area contributed by atoms with Gasteiger partial charge in [-0.2, -0.15) is 0 Å². The van der Waals surface area contributed by atoms with Gasteiger partial charge in [-0.05, 0) is 24.0 Å². The lowest BCUT2D eigenvalue weighted by Gasteiger charge is -2.25. The largest absolute Gasteiger partial charge is 0.409 e. The molecular weight excluding hydrogens is 242 g/mol. The molecule has 2 atom stereocenters. The summed E-state index contributed by atoms with van der Waals surface area (Å²) in [7, 11) is 0. The predicted molar refractivity (Wildman–Crippen MR) is 70.7 cm³/mol. The van der Waals surface area contributed by atoms with Gasteiger partial charge in [0.05, 0.1) is 6.04 Å². The van der Waals surface area contributed by atoms with Gasteiger partial charge in [-0.25, -0.2) is 0 Å². The van der Waals surface area contributed by atoms with Gasteiger partial charge in [0.1, 0.15) is 5.84 Å². The third kappa shape index (κ3) is 1.95. The van der Waals surface area contributed by atoms with E-state index in [9.17, 15) is 4.79 Å². The number of amidine groups is 1. The third-order valence-electron chi connectivity index (χ3n) is 4.17. The summed E-state index contributed by atoms with van der Waals surface area (Å²) in [6.07, 6.45) is 2.32. The maximum absolute atomic E-state index is 12.1. The van der Waals surface area contributed by atoms with Crippen LogP contribution in [0.15, 0.2) is 29.4 Å². The first-order chi connectivity index (χ1) is 9.20. The Hall–Kier alpha value is -2.04. The summed E-state index contributed by atoms with van der Waals surface area (Å²) in [5, 5.41) is 11.7. The molecule has 1 aliphatic heterocycles. The molecule has 1 heterocycles. The number of carbonyl (C=O) groups excluding carboxylic acids is 1. The second kappa shape index (κ2) is 4.57. The van der Waals surface area contributed by atoms with Crippen LogP contribution in [0.2, 0.25) is 0 Å². The van der Waals surface area contributed by atoms with Crippen LogP contribution in [0.25, 0.3) is 0 Å². The first kappa shape index (κ1) is 12.0. The van der Waals surface area contributed by atoms with Crippen LogP contribution in [0, 0.1) is 5.92 Å². The lowest BCUT2D eigenvalue weighted by atomic mass is 10.1. The third-order valence-corrected chi connectivity index (χ3v) is 4.17. The van der Waals surface area contributed by atoms with Gasteiger partial charge in [-0.15, -0.1) is 0 Å². The molecule has 100 valence electrons. The van der Waals surface area contributed by atoms with Crippen molar-refractivity contribution in [1.82, 2.24) is 4.90 Å². The molecule has 0 aromatic heterocycles. The van der Waals surface area contributed by atoms with Gasteiger partial charge in [0.25, 0.3) is 0 Å². The average molecular weight is 259 g/mol. The van der Waals surface area contributed by atoms with Crippen molar-refractivity contribution in [3.8, 4) is 0 Å². The molecule has 1 fully saturated rings. The number of rotatable bonds is 2. The number of hydrogen-bond acceptors (Lipinski definition) is 3. The quantitative estimate of drug-likeness (QED) is 0.363. The number of hydrogen-bond donors (Lipinski definition) is 2. The normalized spacial score (nSPS) is 26.8. The monoisotopic (exact) mass is 259 g/mol. The minimum absolute atomic E-state index is 0.0957. The van der Waals surface area contributed by atoms with E-state index in [1.807, 2.05) is 17.0 Å². The van der Waals surface area contributed by atoms with Crippen molar-refractivity contribution < 1.29 is 10.0 Å². The second-order valence-electron chi connectivity index (χ2n) is 5.23. The van der Waals surface area contributed by atoms with Crippen LogP contribution in [0.1, 0.15) is 30.0 Å². The highest BCUT2D eigenvalue weighted by atomic mass is 16.4. The van der Waals surface area contributed by atoms with E-state index < -0.39 is 0 Å². The number of carbonyl (C=O) groups is 1. The van der Waals surface area contributed by atoms with E-state index in [0.717, 1.165) is 12.8 Å². The van der Waals surface area contributed by atoms with E-state index in [1.54, 1.807) is 0 Å². The van der Waals surface area contributed by atoms with Crippen molar-refractivity contribution in [2.75, 3.05) is 6.54 Å². The van der Waals surface area contributed by atoms with Gasteiger partial charge < -0.3 is 15.8 Å². The number of aryl methyl sites for hydroxylation is 1. The zero-order valence-corrected chi connectivity index (χ0v) is 10.6. The molecule has 1 aliphatic carbocycles. The maximum atomic E-state index is 12.1. The van der Waals surface area contributed by atoms with Crippen LogP contribution in [0.4, 0.5) is 0 Å². The van der Waals surface area contributed by atoms with Crippen molar-refractivity contribution in [3.63, 3.8) is 0 Å². The Morgan fingerprint density at radius 2 is 2.21 bits per heavy atom. The zero-order chi connectivity index (χ0) is 13.4. The highest BCUT2D eigenvalue weighted by molar-refractivity contribution is 5.91. The maximum Gasteiger partial charge on any atom is 0.223 e. The molecular formula is C14H17N3O2. The van der Waals surface area contributed by atoms with Crippen molar-refractivity contribution in [1.29, 1.82) is 0 Å². The van der Waals surface area contributed by atoms with Crippen molar-refractivity contribution in [2.24, 2.45) is 16.8 Å². The summed E-state index contributed by atoms with van der Waals surface area (Å²) in [4.78, 5) is 14.0. The summed E-state index contributed by atoms with van der Waals surface area (Å²) in [5.74, 6) is 0.0886. The number of likely N-dealkylation sites (tertiary alicyclic amines) is 1. The molecule has 0 unspecified atom stereocenters. The summed E-state index contributed by atoms with van der Waals surface area (Å²) in [5.41, 5.74) is 8.19. The Morgan fingerprint density at radius 1 is 1.42 bits per heavy atom. The summed E-state index contributed by atoms with van der Waals surface area (Å²) in [6.45, 7) is 0.549. The SMILES string of the molecule is N/C(=N/O)[C@H]1CC(=O)N([C@@H]2CCc3ccccc32)C1. The fraction of sp³-hybridized carbons (Fsp3) is 0.429. The van der Waals surface area contributed by atoms with Gasteiger partial charge in [-0.3, -0.25) is 4.79 Å². The second-order valence-corrected chi connectivity index (χ2v) is 5.23. The topological polar surface area (TPSA) is 78.9 Å². The number of oxime groups is 1. The van der Waals surface area contributed by atoms with Crippen LogP contribution in [-0.4, -0.2) is 28.4 Å². The number of amides is 1. The molecule has 0 spiro atoms. The molecule has 3 rings (SSSR count). The molecule has 5 heteroatoms. The molecule has 1 saturated heterocycles. The Bertz CT molecular complexity index is 541. The fourth-order valence-corrected chi connectivity index (χ4v) is 3.17. The highest BCUT2D eigenvalue weighted by Crippen LogP contribution is 2.38. The van der Waals surface area contributed by atoms with E-state index >= 15 is 0 Å². The smallest absolute Gasteiger partial charge is 0.223 e. The van der Waals surface area contributed by atoms with Crippen LogP contribution in [0.5, 0.6) is 0 Å². The van der Waals surface area contributed by atoms with Crippen LogP contribution in [0.3, 0.4) is 0 Å². The van der Waals surface area contributed by atoms with E-state index in [1.165, 1.54) is 11.1 Å². The zero-order valence-electron chi connectivity index (χ0n) is 10.6. The Kier molecular flexibility index (Phi) is 2.89. The molecule has 3 N–H and O–H groups in total. The van der Waals surface area contributed by atoms with Crippen LogP contribution < -0.4 is 5.73 Å². The number of fused-ring (bicyclic) bond motifs is 1. The van der Waals surface area contributed by atoms with E-state index in [2.05, 4.69) is 17.3 Å². The van der Waals surface area contributed by atoms with Gasteiger partial charge in [0.15, 0.2) is 0 Å². The molecule has 2 aliphatic rings. The molecule has 1 aromatic carbocycles. The minimum Gasteiger partial charge on any atom is -0.409 e. The van der Waals surface area contributed by atoms with Gasteiger partial charge in [0, 0.05) is 18.9 Å². The highest BCUT2D eigenvalue weighted by Gasteiger charge is 2.39. The summed E-state index contributed by atoms with van der Waals surface area (Å²) in [6, 6.07) is 8.42. The van der Waals surface area contributed by atoms with Crippen molar-refractivity contribution in [2.45, 2.75) is 25.3 Å². The summed E-state index contributed by atoms with van der Waals surface area (Å²) >= 11 is 0. The first-order valence-corrected chi connectivity index (χ1v) is 6.55. The predicted octanol–water partition coefficient (Wildman–Crippen LogP) is 1.27. The number of nitrogens with zero attached hydrogens (tertiary/aromatic N) is 2. The standard InChI is InChI=1S/C14H17N3O2/c15-14(16-19)10-7-13(18)17(8-10)12-6-5-9-3-1-2-4-11(9)12/h1-4,10,12,19H,5-8H2,(H2,15,16)/t10-,12+/m0/s1. The number of benzene rings is 1. The summed E-state index contributed by atoms with van der Waals surface area (Å²) < 4.78 is 0. The van der Waals surface area contributed by atoms with E-state index in [0.29, 0.717) is 13.0 Å². The molecule has 5 nitrogen and oxygen atoms in total. The van der Waals surface area contributed by atoms with Crippen molar-refractivity contribution >= 4 is 11.7 Å². The van der Waals surface area contributed by atoms with Gasteiger partial charge in [-0.1, -0.05) is 29.4 Å². The minimum atomic E-state index is -0.162. The van der Waals surface area contributed by atoms with Gasteiger partial charge >= 0.3 is 0 Å². The van der Waals surface area contributed by atoms with E-state index in [4.69, 9.17) is 10.9 Å². The first-order valence-electron chi connectivity index (χ1n) is 6.55. The Labute approximate surface area is 111 Å². The molecule has 0 bridgehead atoms. The van der Waals surface area contributed by atoms with Crippen LogP contribution >= 0.6 is 0 Å². The Balaban J connectivity index is 1.83. The van der Waals surface area contributed by atoms with Gasteiger partial charge in [0.2, 0.25) is 5.91 Å². The lowest BCUT2D eigenvalue weighted by Crippen LogP contribution is -2.31. The van der Waals surface area contributed by atoms with Crippen molar-refractivity contribution in [3.05, 3.63) is 35.4 Å². The fourth-order valence-electron chi connectivity index (χ4n) is 3.17. The van der Waals surface area contributed by atoms with Crippen LogP contribution in [-0.2, 0) is 11.2 Å². The molecule has 1 aromatic rings.